The number of benzene rings is 1. The SMILES string of the molecule is C=C(CCc1cccc(Cl)c1C)N(C)C1=NC2=C(CCCC2)[C@H]1CC. The number of halogens is 1. The molecule has 3 heteroatoms. The van der Waals surface area contributed by atoms with Crippen LogP contribution < -0.4 is 0 Å². The summed E-state index contributed by atoms with van der Waals surface area (Å²) in [6, 6.07) is 6.15. The zero-order valence-electron chi connectivity index (χ0n) is 15.7. The van der Waals surface area contributed by atoms with Gasteiger partial charge in [-0.25, -0.2) is 4.99 Å². The first-order valence-corrected chi connectivity index (χ1v) is 9.86. The van der Waals surface area contributed by atoms with E-state index in [0.29, 0.717) is 5.92 Å². The molecular formula is C22H29ClN2. The third-order valence-electron chi connectivity index (χ3n) is 5.75. The Labute approximate surface area is 157 Å². The number of hydrogen-bond donors (Lipinski definition) is 0. The van der Waals surface area contributed by atoms with E-state index >= 15 is 0 Å². The summed E-state index contributed by atoms with van der Waals surface area (Å²) in [7, 11) is 2.13. The fraction of sp³-hybridized carbons (Fsp3) is 0.500. The molecule has 0 aromatic heterocycles. The summed E-state index contributed by atoms with van der Waals surface area (Å²) in [4.78, 5) is 7.25. The van der Waals surface area contributed by atoms with E-state index in [0.717, 1.165) is 36.4 Å². The number of nitrogens with zero attached hydrogens (tertiary/aromatic N) is 2. The number of aliphatic imine (C=N–C) groups is 1. The number of aryl methyl sites for hydroxylation is 1. The van der Waals surface area contributed by atoms with E-state index in [-0.39, 0.29) is 0 Å². The molecule has 2 nitrogen and oxygen atoms in total. The lowest BCUT2D eigenvalue weighted by Crippen LogP contribution is -2.31. The molecule has 3 rings (SSSR count). The van der Waals surface area contributed by atoms with Crippen molar-refractivity contribution >= 4 is 17.4 Å². The minimum Gasteiger partial charge on any atom is -0.337 e. The van der Waals surface area contributed by atoms with Crippen molar-refractivity contribution < 1.29 is 0 Å². The molecule has 25 heavy (non-hydrogen) atoms. The van der Waals surface area contributed by atoms with E-state index in [1.807, 2.05) is 12.1 Å². The van der Waals surface area contributed by atoms with Gasteiger partial charge in [-0.05, 0) is 74.6 Å². The Hall–Kier alpha value is -1.54. The first-order valence-electron chi connectivity index (χ1n) is 9.49. The summed E-state index contributed by atoms with van der Waals surface area (Å²) in [6.07, 6.45) is 8.00. The zero-order valence-corrected chi connectivity index (χ0v) is 16.5. The highest BCUT2D eigenvalue weighted by Crippen LogP contribution is 2.39. The fourth-order valence-corrected chi connectivity index (χ4v) is 4.25. The first-order chi connectivity index (χ1) is 12.0. The van der Waals surface area contributed by atoms with E-state index in [2.05, 4.69) is 38.4 Å². The van der Waals surface area contributed by atoms with Crippen LogP contribution in [0.15, 0.2) is 46.7 Å². The molecule has 0 saturated carbocycles. The van der Waals surface area contributed by atoms with Crippen LogP contribution in [0.1, 0.15) is 56.6 Å². The third-order valence-corrected chi connectivity index (χ3v) is 6.16. The second-order valence-electron chi connectivity index (χ2n) is 7.26. The van der Waals surface area contributed by atoms with Crippen molar-refractivity contribution in [1.29, 1.82) is 0 Å². The lowest BCUT2D eigenvalue weighted by Gasteiger charge is -2.27. The number of allylic oxidation sites excluding steroid dienone is 2. The van der Waals surface area contributed by atoms with Crippen molar-refractivity contribution in [2.75, 3.05) is 7.05 Å². The number of rotatable bonds is 5. The van der Waals surface area contributed by atoms with Gasteiger partial charge >= 0.3 is 0 Å². The highest BCUT2D eigenvalue weighted by Gasteiger charge is 2.32. The predicted molar refractivity (Wildman–Crippen MR) is 108 cm³/mol. The molecule has 0 saturated heterocycles. The molecule has 0 spiro atoms. The molecule has 0 bridgehead atoms. The van der Waals surface area contributed by atoms with Crippen LogP contribution in [0.2, 0.25) is 5.02 Å². The summed E-state index contributed by atoms with van der Waals surface area (Å²) in [5.41, 5.74) is 6.57. The Balaban J connectivity index is 1.67. The monoisotopic (exact) mass is 356 g/mol. The molecule has 1 aromatic rings. The third kappa shape index (κ3) is 3.69. The van der Waals surface area contributed by atoms with Crippen molar-refractivity contribution in [3.8, 4) is 0 Å². The largest absolute Gasteiger partial charge is 0.337 e. The lowest BCUT2D eigenvalue weighted by molar-refractivity contribution is 0.540. The Bertz CT molecular complexity index is 730. The van der Waals surface area contributed by atoms with Gasteiger partial charge in [-0.15, -0.1) is 0 Å². The molecule has 134 valence electrons. The Kier molecular flexibility index (Phi) is 5.68. The molecule has 1 aliphatic carbocycles. The van der Waals surface area contributed by atoms with Crippen LogP contribution in [-0.4, -0.2) is 17.8 Å². The maximum absolute atomic E-state index is 6.25. The molecule has 1 aliphatic heterocycles. The van der Waals surface area contributed by atoms with Crippen LogP contribution in [0.5, 0.6) is 0 Å². The normalized spacial score (nSPS) is 19.7. The summed E-state index contributed by atoms with van der Waals surface area (Å²) in [5.74, 6) is 1.70. The average Bonchev–Trinajstić information content (AvgIpc) is 3.00. The second kappa shape index (κ2) is 7.78. The smallest absolute Gasteiger partial charge is 0.116 e. The zero-order chi connectivity index (χ0) is 18.0. The van der Waals surface area contributed by atoms with Crippen LogP contribution in [0.3, 0.4) is 0 Å². The van der Waals surface area contributed by atoms with Gasteiger partial charge in [0.2, 0.25) is 0 Å². The molecule has 0 amide bonds. The highest BCUT2D eigenvalue weighted by molar-refractivity contribution is 6.31. The van der Waals surface area contributed by atoms with Gasteiger partial charge < -0.3 is 4.90 Å². The molecule has 0 N–H and O–H groups in total. The van der Waals surface area contributed by atoms with Crippen molar-refractivity contribution in [3.63, 3.8) is 0 Å². The van der Waals surface area contributed by atoms with Crippen LogP contribution in [0.4, 0.5) is 0 Å². The summed E-state index contributed by atoms with van der Waals surface area (Å²) >= 11 is 6.25. The Morgan fingerprint density at radius 1 is 1.32 bits per heavy atom. The van der Waals surface area contributed by atoms with Crippen LogP contribution in [0, 0.1) is 12.8 Å². The van der Waals surface area contributed by atoms with E-state index < -0.39 is 0 Å². The second-order valence-corrected chi connectivity index (χ2v) is 7.67. The average molecular weight is 357 g/mol. The molecular weight excluding hydrogens is 328 g/mol. The summed E-state index contributed by atoms with van der Waals surface area (Å²) in [5, 5.41) is 0.847. The van der Waals surface area contributed by atoms with Crippen molar-refractivity contribution in [2.24, 2.45) is 10.9 Å². The van der Waals surface area contributed by atoms with Crippen LogP contribution in [0.25, 0.3) is 0 Å². The maximum Gasteiger partial charge on any atom is 0.116 e. The van der Waals surface area contributed by atoms with Crippen LogP contribution in [-0.2, 0) is 6.42 Å². The fourth-order valence-electron chi connectivity index (χ4n) is 4.06. The molecule has 0 radical (unpaired) electrons. The molecule has 1 heterocycles. The molecule has 2 aliphatic rings. The first kappa shape index (κ1) is 18.3. The van der Waals surface area contributed by atoms with Gasteiger partial charge in [0.1, 0.15) is 5.84 Å². The van der Waals surface area contributed by atoms with Gasteiger partial charge in [0.25, 0.3) is 0 Å². The van der Waals surface area contributed by atoms with Gasteiger partial charge in [0, 0.05) is 29.4 Å². The minimum atomic E-state index is 0.491. The quantitative estimate of drug-likeness (QED) is 0.605. The minimum absolute atomic E-state index is 0.491. The standard InChI is InChI=1S/C22H29ClN2/c1-5-18-19-10-6-7-12-21(19)24-22(18)25(4)15(2)13-14-17-9-8-11-20(23)16(17)3/h8-9,11,18H,2,5-7,10,12-14H2,1,3-4H3/t18-/m1/s1. The highest BCUT2D eigenvalue weighted by atomic mass is 35.5. The van der Waals surface area contributed by atoms with E-state index in [1.165, 1.54) is 41.9 Å². The molecule has 0 fully saturated rings. The Morgan fingerprint density at radius 2 is 2.08 bits per heavy atom. The van der Waals surface area contributed by atoms with E-state index in [4.69, 9.17) is 16.6 Å². The lowest BCUT2D eigenvalue weighted by atomic mass is 9.87. The van der Waals surface area contributed by atoms with E-state index in [9.17, 15) is 0 Å². The molecule has 0 unspecified atom stereocenters. The number of amidine groups is 1. The van der Waals surface area contributed by atoms with Crippen LogP contribution >= 0.6 is 11.6 Å². The van der Waals surface area contributed by atoms with Gasteiger partial charge in [0.15, 0.2) is 0 Å². The van der Waals surface area contributed by atoms with E-state index in [1.54, 1.807) is 5.57 Å². The van der Waals surface area contributed by atoms with Gasteiger partial charge in [-0.2, -0.15) is 0 Å². The maximum atomic E-state index is 6.25. The number of hydrogen-bond acceptors (Lipinski definition) is 2. The van der Waals surface area contributed by atoms with Crippen molar-refractivity contribution in [2.45, 2.75) is 58.8 Å². The van der Waals surface area contributed by atoms with Crippen molar-refractivity contribution in [3.05, 3.63) is 57.9 Å². The van der Waals surface area contributed by atoms with Crippen molar-refractivity contribution in [1.82, 2.24) is 4.90 Å². The predicted octanol–water partition coefficient (Wildman–Crippen LogP) is 6.29. The summed E-state index contributed by atoms with van der Waals surface area (Å²) < 4.78 is 0. The van der Waals surface area contributed by atoms with Gasteiger partial charge in [-0.1, -0.05) is 37.2 Å². The Morgan fingerprint density at radius 3 is 2.84 bits per heavy atom. The topological polar surface area (TPSA) is 15.6 Å². The molecule has 1 atom stereocenters. The van der Waals surface area contributed by atoms with Gasteiger partial charge in [0.05, 0.1) is 0 Å². The van der Waals surface area contributed by atoms with Gasteiger partial charge in [-0.3, -0.25) is 0 Å². The molecule has 1 aromatic carbocycles. The summed E-state index contributed by atoms with van der Waals surface area (Å²) in [6.45, 7) is 8.71.